The molecule has 1 aromatic carbocycles. The maximum absolute atomic E-state index is 13.8. The van der Waals surface area contributed by atoms with E-state index in [0.717, 1.165) is 6.07 Å². The fourth-order valence-electron chi connectivity index (χ4n) is 2.46. The molecular formula is C15H22F2O2. The molecule has 0 radical (unpaired) electrons. The Bertz CT molecular complexity index is 409. The summed E-state index contributed by atoms with van der Waals surface area (Å²) in [5.74, 6) is -1.14. The zero-order valence-electron chi connectivity index (χ0n) is 11.7. The van der Waals surface area contributed by atoms with Crippen LogP contribution >= 0.6 is 0 Å². The summed E-state index contributed by atoms with van der Waals surface area (Å²) in [4.78, 5) is 0. The standard InChI is InChI=1S/C13H16F2O2.C2H6/c1-2-13(6-9(7-16)8-17-13)11-4-3-10(14)5-12(11)15;1-2/h3-5,9,16H,2,6-8H2,1H3;1-2H3/t9?,13-;/m0./s1. The predicted octanol–water partition coefficient (Wildman–Crippen LogP) is 3.63. The van der Waals surface area contributed by atoms with Gasteiger partial charge in [0.05, 0.1) is 12.2 Å². The summed E-state index contributed by atoms with van der Waals surface area (Å²) >= 11 is 0. The molecule has 0 saturated carbocycles. The molecule has 1 aliphatic rings. The molecule has 1 N–H and O–H groups in total. The van der Waals surface area contributed by atoms with Gasteiger partial charge >= 0.3 is 0 Å². The highest BCUT2D eigenvalue weighted by Gasteiger charge is 2.41. The van der Waals surface area contributed by atoms with Gasteiger partial charge in [0.15, 0.2) is 0 Å². The van der Waals surface area contributed by atoms with Crippen molar-refractivity contribution in [1.82, 2.24) is 0 Å². The van der Waals surface area contributed by atoms with Crippen molar-refractivity contribution in [2.75, 3.05) is 13.2 Å². The first-order valence-corrected chi connectivity index (χ1v) is 6.81. The van der Waals surface area contributed by atoms with Crippen molar-refractivity contribution in [2.24, 2.45) is 5.92 Å². The summed E-state index contributed by atoms with van der Waals surface area (Å²) < 4.78 is 32.3. The van der Waals surface area contributed by atoms with E-state index in [-0.39, 0.29) is 12.5 Å². The molecule has 1 aromatic rings. The van der Waals surface area contributed by atoms with Crippen molar-refractivity contribution < 1.29 is 18.6 Å². The summed E-state index contributed by atoms with van der Waals surface area (Å²) in [7, 11) is 0. The highest BCUT2D eigenvalue weighted by molar-refractivity contribution is 5.26. The molecule has 0 aromatic heterocycles. The molecule has 108 valence electrons. The summed E-state index contributed by atoms with van der Waals surface area (Å²) in [6, 6.07) is 3.56. The lowest BCUT2D eigenvalue weighted by Gasteiger charge is -2.28. The van der Waals surface area contributed by atoms with E-state index in [2.05, 4.69) is 0 Å². The van der Waals surface area contributed by atoms with Crippen LogP contribution in [0.4, 0.5) is 8.78 Å². The molecule has 2 nitrogen and oxygen atoms in total. The van der Waals surface area contributed by atoms with Crippen LogP contribution in [-0.4, -0.2) is 18.3 Å². The summed E-state index contributed by atoms with van der Waals surface area (Å²) in [6.45, 7) is 6.36. The highest BCUT2D eigenvalue weighted by Crippen LogP contribution is 2.42. The second-order valence-corrected chi connectivity index (χ2v) is 4.54. The Balaban J connectivity index is 0.000000861. The number of aliphatic hydroxyl groups is 1. The molecule has 1 fully saturated rings. The number of benzene rings is 1. The van der Waals surface area contributed by atoms with Gasteiger partial charge in [-0.1, -0.05) is 26.8 Å². The number of halogens is 2. The van der Waals surface area contributed by atoms with Crippen LogP contribution in [0.3, 0.4) is 0 Å². The van der Waals surface area contributed by atoms with Crippen molar-refractivity contribution in [3.63, 3.8) is 0 Å². The average Bonchev–Trinajstić information content (AvgIpc) is 2.86. The van der Waals surface area contributed by atoms with Crippen LogP contribution in [0.25, 0.3) is 0 Å². The zero-order valence-corrected chi connectivity index (χ0v) is 11.7. The fraction of sp³-hybridized carbons (Fsp3) is 0.600. The summed E-state index contributed by atoms with van der Waals surface area (Å²) in [5.41, 5.74) is -0.331. The fourth-order valence-corrected chi connectivity index (χ4v) is 2.46. The molecule has 0 spiro atoms. The van der Waals surface area contributed by atoms with Crippen LogP contribution in [0.1, 0.15) is 39.2 Å². The van der Waals surface area contributed by atoms with E-state index in [4.69, 9.17) is 9.84 Å². The Labute approximate surface area is 113 Å². The van der Waals surface area contributed by atoms with Gasteiger partial charge in [0, 0.05) is 24.2 Å². The Morgan fingerprint density at radius 1 is 1.37 bits per heavy atom. The summed E-state index contributed by atoms with van der Waals surface area (Å²) in [6.07, 6.45) is 1.18. The lowest BCUT2D eigenvalue weighted by Crippen LogP contribution is -2.25. The van der Waals surface area contributed by atoms with Gasteiger partial charge < -0.3 is 9.84 Å². The molecule has 19 heavy (non-hydrogen) atoms. The Hall–Kier alpha value is -1.00. The maximum Gasteiger partial charge on any atom is 0.132 e. The third-order valence-electron chi connectivity index (χ3n) is 3.47. The first-order valence-electron chi connectivity index (χ1n) is 6.81. The summed E-state index contributed by atoms with van der Waals surface area (Å²) in [5, 5.41) is 9.12. The zero-order chi connectivity index (χ0) is 14.5. The Kier molecular flexibility index (Phi) is 5.88. The van der Waals surface area contributed by atoms with Crippen LogP contribution in [0.5, 0.6) is 0 Å². The van der Waals surface area contributed by atoms with Gasteiger partial charge in [-0.05, 0) is 18.9 Å². The van der Waals surface area contributed by atoms with E-state index in [1.165, 1.54) is 12.1 Å². The minimum absolute atomic E-state index is 0.0272. The van der Waals surface area contributed by atoms with E-state index in [1.807, 2.05) is 20.8 Å². The Morgan fingerprint density at radius 3 is 2.53 bits per heavy atom. The topological polar surface area (TPSA) is 29.5 Å². The predicted molar refractivity (Wildman–Crippen MR) is 70.8 cm³/mol. The first kappa shape index (κ1) is 16.1. The van der Waals surface area contributed by atoms with E-state index in [9.17, 15) is 8.78 Å². The van der Waals surface area contributed by atoms with Crippen molar-refractivity contribution in [3.8, 4) is 0 Å². The van der Waals surface area contributed by atoms with Crippen molar-refractivity contribution >= 4 is 0 Å². The number of hydrogen-bond acceptors (Lipinski definition) is 2. The van der Waals surface area contributed by atoms with E-state index >= 15 is 0 Å². The SMILES string of the molecule is CC.CC[C@@]1(c2ccc(F)cc2F)CC(CO)CO1. The molecule has 0 aliphatic carbocycles. The second-order valence-electron chi connectivity index (χ2n) is 4.54. The minimum atomic E-state index is -0.717. The highest BCUT2D eigenvalue weighted by atomic mass is 19.1. The smallest absolute Gasteiger partial charge is 0.132 e. The van der Waals surface area contributed by atoms with Crippen molar-refractivity contribution in [2.45, 2.75) is 39.2 Å². The second kappa shape index (κ2) is 6.96. The average molecular weight is 272 g/mol. The third kappa shape index (κ3) is 3.31. The third-order valence-corrected chi connectivity index (χ3v) is 3.47. The minimum Gasteiger partial charge on any atom is -0.396 e. The van der Waals surface area contributed by atoms with Crippen molar-refractivity contribution in [3.05, 3.63) is 35.4 Å². The van der Waals surface area contributed by atoms with Crippen LogP contribution < -0.4 is 0 Å². The molecule has 2 atom stereocenters. The van der Waals surface area contributed by atoms with Crippen LogP contribution in [0, 0.1) is 17.6 Å². The van der Waals surface area contributed by atoms with Gasteiger partial charge in [0.2, 0.25) is 0 Å². The lowest BCUT2D eigenvalue weighted by molar-refractivity contribution is -0.00727. The molecule has 0 amide bonds. The monoisotopic (exact) mass is 272 g/mol. The van der Waals surface area contributed by atoms with Crippen LogP contribution in [-0.2, 0) is 10.3 Å². The maximum atomic E-state index is 13.8. The molecule has 2 rings (SSSR count). The van der Waals surface area contributed by atoms with Gasteiger partial charge in [-0.25, -0.2) is 8.78 Å². The number of rotatable bonds is 3. The van der Waals surface area contributed by atoms with Crippen molar-refractivity contribution in [1.29, 1.82) is 0 Å². The molecule has 1 aliphatic heterocycles. The largest absolute Gasteiger partial charge is 0.396 e. The molecular weight excluding hydrogens is 250 g/mol. The van der Waals surface area contributed by atoms with Gasteiger partial charge in [-0.2, -0.15) is 0 Å². The van der Waals surface area contributed by atoms with Gasteiger partial charge in [-0.15, -0.1) is 0 Å². The lowest BCUT2D eigenvalue weighted by atomic mass is 9.85. The normalized spacial score (nSPS) is 25.9. The van der Waals surface area contributed by atoms with E-state index in [0.29, 0.717) is 25.0 Å². The number of hydrogen-bond donors (Lipinski definition) is 1. The van der Waals surface area contributed by atoms with E-state index in [1.54, 1.807) is 0 Å². The van der Waals surface area contributed by atoms with Crippen LogP contribution in [0.2, 0.25) is 0 Å². The number of ether oxygens (including phenoxy) is 1. The van der Waals surface area contributed by atoms with Gasteiger partial charge in [0.25, 0.3) is 0 Å². The van der Waals surface area contributed by atoms with E-state index < -0.39 is 17.2 Å². The molecule has 0 bridgehead atoms. The molecule has 1 heterocycles. The molecule has 1 saturated heterocycles. The molecule has 1 unspecified atom stereocenters. The number of aliphatic hydroxyl groups excluding tert-OH is 1. The first-order chi connectivity index (χ1) is 9.11. The van der Waals surface area contributed by atoms with Gasteiger partial charge in [-0.3, -0.25) is 0 Å². The van der Waals surface area contributed by atoms with Gasteiger partial charge in [0.1, 0.15) is 11.6 Å². The quantitative estimate of drug-likeness (QED) is 0.910. The molecule has 4 heteroatoms. The Morgan fingerprint density at radius 2 is 2.05 bits per heavy atom. The van der Waals surface area contributed by atoms with Crippen LogP contribution in [0.15, 0.2) is 18.2 Å².